The number of aromatic amines is 1. The Bertz CT molecular complexity index is 920. The second-order valence-corrected chi connectivity index (χ2v) is 7.32. The summed E-state index contributed by atoms with van der Waals surface area (Å²) in [4.78, 5) is 43.0. The molecular formula is C22H27ClN2O5. The Labute approximate surface area is 181 Å². The van der Waals surface area contributed by atoms with Crippen LogP contribution in [0, 0.1) is 13.8 Å². The van der Waals surface area contributed by atoms with Crippen LogP contribution in [0.3, 0.4) is 0 Å². The minimum absolute atomic E-state index is 0.233. The van der Waals surface area contributed by atoms with E-state index >= 15 is 0 Å². The van der Waals surface area contributed by atoms with Crippen molar-refractivity contribution in [2.75, 3.05) is 26.9 Å². The quantitative estimate of drug-likeness (QED) is 0.478. The molecule has 0 saturated heterocycles. The van der Waals surface area contributed by atoms with Gasteiger partial charge in [-0.3, -0.25) is 9.59 Å². The van der Waals surface area contributed by atoms with Gasteiger partial charge in [-0.25, -0.2) is 4.79 Å². The highest BCUT2D eigenvalue weighted by molar-refractivity contribution is 6.30. The molecule has 2 aromatic rings. The van der Waals surface area contributed by atoms with Crippen molar-refractivity contribution in [2.24, 2.45) is 0 Å². The van der Waals surface area contributed by atoms with Crippen LogP contribution < -0.4 is 0 Å². The number of aromatic nitrogens is 1. The number of rotatable bonds is 9. The summed E-state index contributed by atoms with van der Waals surface area (Å²) in [5.74, 6) is -1.09. The van der Waals surface area contributed by atoms with Gasteiger partial charge in [0.05, 0.1) is 19.3 Å². The summed E-state index contributed by atoms with van der Waals surface area (Å²) >= 11 is 5.92. The molecular weight excluding hydrogens is 408 g/mol. The molecule has 0 bridgehead atoms. The van der Waals surface area contributed by atoms with Gasteiger partial charge in [-0.1, -0.05) is 11.6 Å². The Morgan fingerprint density at radius 1 is 1.17 bits per heavy atom. The van der Waals surface area contributed by atoms with E-state index in [-0.39, 0.29) is 37.1 Å². The van der Waals surface area contributed by atoms with Gasteiger partial charge in [-0.2, -0.15) is 0 Å². The first-order chi connectivity index (χ1) is 14.2. The van der Waals surface area contributed by atoms with Crippen molar-refractivity contribution in [1.29, 1.82) is 0 Å². The number of benzene rings is 1. The molecule has 1 heterocycles. The molecule has 162 valence electrons. The number of hydrogen-bond donors (Lipinski definition) is 1. The van der Waals surface area contributed by atoms with Gasteiger partial charge in [0.2, 0.25) is 0 Å². The largest absolute Gasteiger partial charge is 0.461 e. The Kier molecular flexibility index (Phi) is 8.20. The number of ketones is 1. The van der Waals surface area contributed by atoms with Crippen LogP contribution in [0.25, 0.3) is 0 Å². The lowest BCUT2D eigenvalue weighted by atomic mass is 9.99. The summed E-state index contributed by atoms with van der Waals surface area (Å²) in [5, 5.41) is 0.518. The zero-order valence-corrected chi connectivity index (χ0v) is 18.6. The molecule has 0 aliphatic heterocycles. The van der Waals surface area contributed by atoms with E-state index in [1.165, 1.54) is 12.0 Å². The van der Waals surface area contributed by atoms with Gasteiger partial charge in [-0.05, 0) is 57.5 Å². The third kappa shape index (κ3) is 5.09. The van der Waals surface area contributed by atoms with Crippen LogP contribution in [0.1, 0.15) is 56.3 Å². The molecule has 0 aliphatic carbocycles. The highest BCUT2D eigenvalue weighted by Gasteiger charge is 2.31. The van der Waals surface area contributed by atoms with Crippen molar-refractivity contribution in [3.63, 3.8) is 0 Å². The van der Waals surface area contributed by atoms with E-state index in [1.54, 1.807) is 52.0 Å². The van der Waals surface area contributed by atoms with E-state index in [9.17, 15) is 14.4 Å². The number of halogens is 1. The van der Waals surface area contributed by atoms with E-state index < -0.39 is 12.0 Å². The number of carbonyl (C=O) groups excluding carboxylic acids is 3. The first-order valence-electron chi connectivity index (χ1n) is 9.68. The van der Waals surface area contributed by atoms with E-state index in [0.717, 1.165) is 0 Å². The molecule has 1 N–H and O–H groups in total. The summed E-state index contributed by atoms with van der Waals surface area (Å²) < 4.78 is 10.2. The molecule has 0 fully saturated rings. The van der Waals surface area contributed by atoms with Gasteiger partial charge in [0.25, 0.3) is 5.91 Å². The Balaban J connectivity index is 2.37. The van der Waals surface area contributed by atoms with Crippen LogP contribution in [0.15, 0.2) is 24.3 Å². The normalized spacial score (nSPS) is 11.8. The van der Waals surface area contributed by atoms with Crippen molar-refractivity contribution in [3.8, 4) is 0 Å². The predicted molar refractivity (Wildman–Crippen MR) is 114 cm³/mol. The minimum atomic E-state index is -0.772. The highest BCUT2D eigenvalue weighted by Crippen LogP contribution is 2.23. The lowest BCUT2D eigenvalue weighted by Crippen LogP contribution is -2.45. The van der Waals surface area contributed by atoms with Gasteiger partial charge in [0.1, 0.15) is 5.69 Å². The van der Waals surface area contributed by atoms with Crippen LogP contribution >= 0.6 is 11.6 Å². The first kappa shape index (κ1) is 23.6. The smallest absolute Gasteiger partial charge is 0.355 e. The Hall–Kier alpha value is -2.64. The second kappa shape index (κ2) is 10.4. The zero-order chi connectivity index (χ0) is 22.4. The van der Waals surface area contributed by atoms with Gasteiger partial charge < -0.3 is 19.4 Å². The number of esters is 1. The number of nitrogens with one attached hydrogen (secondary N) is 1. The molecule has 0 saturated carbocycles. The third-order valence-corrected chi connectivity index (χ3v) is 5.15. The number of nitrogens with zero attached hydrogens (tertiary/aromatic N) is 1. The molecule has 7 nitrogen and oxygen atoms in total. The Morgan fingerprint density at radius 2 is 1.80 bits per heavy atom. The fraction of sp³-hybridized carbons (Fsp3) is 0.409. The summed E-state index contributed by atoms with van der Waals surface area (Å²) in [6, 6.07) is 5.72. The fourth-order valence-electron chi connectivity index (χ4n) is 3.30. The predicted octanol–water partition coefficient (Wildman–Crippen LogP) is 3.82. The van der Waals surface area contributed by atoms with Crippen LogP contribution in [0.2, 0.25) is 5.02 Å². The molecule has 1 atom stereocenters. The standard InChI is InChI=1S/C22H27ClN2O5/c1-6-30-22(28)19-13(2)18(14(3)24-19)20(26)15(4)25(11-12-29-5)21(27)16-7-9-17(23)10-8-16/h7-10,15,24H,6,11-12H2,1-5H3. The lowest BCUT2D eigenvalue weighted by Gasteiger charge is -2.28. The van der Waals surface area contributed by atoms with Crippen molar-refractivity contribution in [2.45, 2.75) is 33.7 Å². The molecule has 2 rings (SSSR count). The Morgan fingerprint density at radius 3 is 2.37 bits per heavy atom. The van der Waals surface area contributed by atoms with Crippen LogP contribution in [0.5, 0.6) is 0 Å². The number of methoxy groups -OCH3 is 1. The van der Waals surface area contributed by atoms with Crippen molar-refractivity contribution >= 4 is 29.3 Å². The zero-order valence-electron chi connectivity index (χ0n) is 17.9. The lowest BCUT2D eigenvalue weighted by molar-refractivity contribution is 0.0518. The summed E-state index contributed by atoms with van der Waals surface area (Å²) in [6.07, 6.45) is 0. The van der Waals surface area contributed by atoms with Gasteiger partial charge >= 0.3 is 5.97 Å². The molecule has 1 aromatic carbocycles. The molecule has 1 aromatic heterocycles. The summed E-state index contributed by atoms with van der Waals surface area (Å²) in [7, 11) is 1.53. The molecule has 0 aliphatic rings. The van der Waals surface area contributed by atoms with E-state index in [4.69, 9.17) is 21.1 Å². The van der Waals surface area contributed by atoms with Crippen molar-refractivity contribution in [1.82, 2.24) is 9.88 Å². The van der Waals surface area contributed by atoms with Gasteiger partial charge in [-0.15, -0.1) is 0 Å². The molecule has 0 radical (unpaired) electrons. The minimum Gasteiger partial charge on any atom is -0.461 e. The number of aryl methyl sites for hydroxylation is 1. The molecule has 8 heteroatoms. The molecule has 0 spiro atoms. The van der Waals surface area contributed by atoms with Crippen LogP contribution in [-0.2, 0) is 9.47 Å². The summed E-state index contributed by atoms with van der Waals surface area (Å²) in [5.41, 5.74) is 2.12. The van der Waals surface area contributed by atoms with E-state index in [1.807, 2.05) is 0 Å². The number of hydrogen-bond acceptors (Lipinski definition) is 5. The van der Waals surface area contributed by atoms with E-state index in [0.29, 0.717) is 27.4 Å². The number of amides is 1. The monoisotopic (exact) mass is 434 g/mol. The summed E-state index contributed by atoms with van der Waals surface area (Å²) in [6.45, 7) is 7.53. The van der Waals surface area contributed by atoms with Gasteiger partial charge in [0.15, 0.2) is 5.78 Å². The maximum Gasteiger partial charge on any atom is 0.355 e. The number of ether oxygens (including phenoxy) is 2. The number of carbonyl (C=O) groups is 3. The number of H-pyrrole nitrogens is 1. The molecule has 30 heavy (non-hydrogen) atoms. The molecule has 1 amide bonds. The third-order valence-electron chi connectivity index (χ3n) is 4.90. The van der Waals surface area contributed by atoms with Crippen molar-refractivity contribution in [3.05, 3.63) is 57.4 Å². The SMILES string of the molecule is CCOC(=O)c1[nH]c(C)c(C(=O)C(C)N(CCOC)C(=O)c2ccc(Cl)cc2)c1C. The number of Topliss-reactive ketones (excluding diaryl/α,β-unsaturated/α-hetero) is 1. The van der Waals surface area contributed by atoms with Crippen LogP contribution in [-0.4, -0.2) is 60.5 Å². The average molecular weight is 435 g/mol. The van der Waals surface area contributed by atoms with E-state index in [2.05, 4.69) is 4.98 Å². The highest BCUT2D eigenvalue weighted by atomic mass is 35.5. The fourth-order valence-corrected chi connectivity index (χ4v) is 3.42. The average Bonchev–Trinajstić information content (AvgIpc) is 3.02. The van der Waals surface area contributed by atoms with Crippen LogP contribution in [0.4, 0.5) is 0 Å². The maximum atomic E-state index is 13.3. The van der Waals surface area contributed by atoms with Crippen molar-refractivity contribution < 1.29 is 23.9 Å². The molecule has 1 unspecified atom stereocenters. The maximum absolute atomic E-state index is 13.3. The topological polar surface area (TPSA) is 88.7 Å². The van der Waals surface area contributed by atoms with Gasteiger partial charge in [0, 0.05) is 35.5 Å². The first-order valence-corrected chi connectivity index (χ1v) is 10.1. The second-order valence-electron chi connectivity index (χ2n) is 6.88.